The Hall–Kier alpha value is -2.39. The van der Waals surface area contributed by atoms with Crippen LogP contribution in [0.4, 0.5) is 5.82 Å². The highest BCUT2D eigenvalue weighted by Crippen LogP contribution is 2.28. The summed E-state index contributed by atoms with van der Waals surface area (Å²) in [6.07, 6.45) is 2.56. The van der Waals surface area contributed by atoms with Crippen LogP contribution < -0.4 is 4.90 Å². The number of aryl methyl sites for hydroxylation is 1. The molecule has 6 nitrogen and oxygen atoms in total. The average Bonchev–Trinajstić information content (AvgIpc) is 3.13. The zero-order chi connectivity index (χ0) is 15.5. The predicted octanol–water partition coefficient (Wildman–Crippen LogP) is 1.94. The van der Waals surface area contributed by atoms with Crippen molar-refractivity contribution in [2.45, 2.75) is 19.4 Å². The van der Waals surface area contributed by atoms with Gasteiger partial charge in [0.25, 0.3) is 0 Å². The number of anilines is 1. The van der Waals surface area contributed by atoms with Gasteiger partial charge in [0.1, 0.15) is 17.6 Å². The molecule has 2 aromatic rings. The summed E-state index contributed by atoms with van der Waals surface area (Å²) in [7, 11) is 1.72. The van der Waals surface area contributed by atoms with Crippen molar-refractivity contribution in [1.29, 1.82) is 5.26 Å². The van der Waals surface area contributed by atoms with E-state index < -0.39 is 0 Å². The summed E-state index contributed by atoms with van der Waals surface area (Å²) < 4.78 is 10.9. The first-order valence-electron chi connectivity index (χ1n) is 7.26. The summed E-state index contributed by atoms with van der Waals surface area (Å²) in [6.45, 7) is 3.42. The maximum absolute atomic E-state index is 9.23. The monoisotopic (exact) mass is 298 g/mol. The fourth-order valence-electron chi connectivity index (χ4n) is 2.98. The maximum atomic E-state index is 9.23. The molecule has 6 heteroatoms. The van der Waals surface area contributed by atoms with Crippen LogP contribution in [0.2, 0.25) is 0 Å². The lowest BCUT2D eigenvalue weighted by molar-refractivity contribution is 0.0813. The van der Waals surface area contributed by atoms with Gasteiger partial charge in [-0.05, 0) is 19.1 Å². The molecular formula is C16H18N4O2. The lowest BCUT2D eigenvalue weighted by Crippen LogP contribution is -2.24. The van der Waals surface area contributed by atoms with Crippen molar-refractivity contribution in [1.82, 2.24) is 10.1 Å². The average molecular weight is 298 g/mol. The number of ether oxygens (including phenoxy) is 1. The van der Waals surface area contributed by atoms with Crippen LogP contribution in [0.1, 0.15) is 17.0 Å². The smallest absolute Gasteiger partial charge is 0.146 e. The van der Waals surface area contributed by atoms with Crippen LogP contribution in [0.25, 0.3) is 0 Å². The molecule has 0 aliphatic carbocycles. The van der Waals surface area contributed by atoms with Gasteiger partial charge in [-0.2, -0.15) is 5.26 Å². The largest absolute Gasteiger partial charge is 0.379 e. The molecule has 0 radical (unpaired) electrons. The molecule has 0 saturated carbocycles. The van der Waals surface area contributed by atoms with Gasteiger partial charge >= 0.3 is 0 Å². The first-order valence-corrected chi connectivity index (χ1v) is 7.26. The number of nitriles is 1. The Balaban J connectivity index is 1.78. The normalized spacial score (nSPS) is 21.0. The minimum atomic E-state index is 0.0824. The van der Waals surface area contributed by atoms with Gasteiger partial charge in [-0.1, -0.05) is 5.16 Å². The molecule has 22 heavy (non-hydrogen) atoms. The second-order valence-electron chi connectivity index (χ2n) is 5.56. The molecule has 1 fully saturated rings. The number of pyridine rings is 1. The molecule has 2 aromatic heterocycles. The highest BCUT2D eigenvalue weighted by molar-refractivity contribution is 5.54. The van der Waals surface area contributed by atoms with Crippen LogP contribution in [0.5, 0.6) is 0 Å². The Labute approximate surface area is 129 Å². The minimum Gasteiger partial charge on any atom is -0.379 e. The van der Waals surface area contributed by atoms with E-state index in [-0.39, 0.29) is 12.0 Å². The van der Waals surface area contributed by atoms with E-state index in [2.05, 4.69) is 21.1 Å². The van der Waals surface area contributed by atoms with Crippen molar-refractivity contribution in [3.8, 4) is 6.07 Å². The fourth-order valence-corrected chi connectivity index (χ4v) is 2.98. The highest BCUT2D eigenvalue weighted by Gasteiger charge is 2.35. The van der Waals surface area contributed by atoms with Crippen molar-refractivity contribution >= 4 is 5.82 Å². The van der Waals surface area contributed by atoms with E-state index in [4.69, 9.17) is 9.26 Å². The number of methoxy groups -OCH3 is 1. The van der Waals surface area contributed by atoms with Crippen molar-refractivity contribution in [3.63, 3.8) is 0 Å². The van der Waals surface area contributed by atoms with Gasteiger partial charge in [0.05, 0.1) is 17.4 Å². The van der Waals surface area contributed by atoms with E-state index in [0.29, 0.717) is 5.56 Å². The Morgan fingerprint density at radius 3 is 3.05 bits per heavy atom. The lowest BCUT2D eigenvalue weighted by Gasteiger charge is -2.17. The Kier molecular flexibility index (Phi) is 4.07. The highest BCUT2D eigenvalue weighted by atomic mass is 16.5. The van der Waals surface area contributed by atoms with E-state index in [9.17, 15) is 5.26 Å². The molecule has 0 amide bonds. The maximum Gasteiger partial charge on any atom is 0.146 e. The van der Waals surface area contributed by atoms with E-state index in [1.807, 2.05) is 13.0 Å². The second-order valence-corrected chi connectivity index (χ2v) is 5.56. The first kappa shape index (κ1) is 14.5. The quantitative estimate of drug-likeness (QED) is 0.858. The molecule has 1 aliphatic rings. The molecule has 0 unspecified atom stereocenters. The Morgan fingerprint density at radius 2 is 2.36 bits per heavy atom. The summed E-state index contributed by atoms with van der Waals surface area (Å²) in [4.78, 5) is 6.47. The number of rotatable bonds is 4. The van der Waals surface area contributed by atoms with Gasteiger partial charge in [-0.3, -0.25) is 0 Å². The molecule has 1 saturated heterocycles. The molecule has 0 aromatic carbocycles. The predicted molar refractivity (Wildman–Crippen MR) is 80.4 cm³/mol. The van der Waals surface area contributed by atoms with Gasteiger partial charge in [-0.15, -0.1) is 0 Å². The van der Waals surface area contributed by atoms with Crippen LogP contribution in [-0.2, 0) is 11.2 Å². The minimum absolute atomic E-state index is 0.0824. The second kappa shape index (κ2) is 6.16. The van der Waals surface area contributed by atoms with E-state index >= 15 is 0 Å². The number of hydrogen-bond acceptors (Lipinski definition) is 6. The molecule has 2 atom stereocenters. The van der Waals surface area contributed by atoms with Crippen LogP contribution in [0.3, 0.4) is 0 Å². The van der Waals surface area contributed by atoms with Crippen molar-refractivity contribution in [3.05, 3.63) is 41.4 Å². The van der Waals surface area contributed by atoms with E-state index in [1.54, 1.807) is 25.4 Å². The van der Waals surface area contributed by atoms with Gasteiger partial charge < -0.3 is 14.2 Å². The van der Waals surface area contributed by atoms with Crippen LogP contribution in [-0.4, -0.2) is 36.4 Å². The summed E-state index contributed by atoms with van der Waals surface area (Å²) in [5.74, 6) is 1.88. The van der Waals surface area contributed by atoms with Crippen LogP contribution in [0.15, 0.2) is 28.9 Å². The van der Waals surface area contributed by atoms with Crippen molar-refractivity contribution < 1.29 is 9.26 Å². The van der Waals surface area contributed by atoms with Gasteiger partial charge in [-0.25, -0.2) is 4.98 Å². The molecular weight excluding hydrogens is 280 g/mol. The summed E-state index contributed by atoms with van der Waals surface area (Å²) in [5.41, 5.74) is 1.48. The Bertz CT molecular complexity index is 691. The molecule has 0 bridgehead atoms. The van der Waals surface area contributed by atoms with Crippen LogP contribution in [0, 0.1) is 24.2 Å². The third-order valence-corrected chi connectivity index (χ3v) is 4.03. The SMILES string of the molecule is CO[C@H]1CN(c2ncccc2C#N)C[C@H]1Cc1cc(C)no1. The topological polar surface area (TPSA) is 75.2 Å². The molecule has 3 rings (SSSR count). The Morgan fingerprint density at radius 1 is 1.50 bits per heavy atom. The number of nitrogens with zero attached hydrogens (tertiary/aromatic N) is 4. The van der Waals surface area contributed by atoms with E-state index in [1.165, 1.54) is 0 Å². The molecule has 114 valence electrons. The molecule has 0 spiro atoms. The lowest BCUT2D eigenvalue weighted by atomic mass is 10.0. The zero-order valence-electron chi connectivity index (χ0n) is 12.7. The third kappa shape index (κ3) is 2.81. The summed E-state index contributed by atoms with van der Waals surface area (Å²) in [5, 5.41) is 13.2. The van der Waals surface area contributed by atoms with E-state index in [0.717, 1.165) is 36.8 Å². The fraction of sp³-hybridized carbons (Fsp3) is 0.438. The zero-order valence-corrected chi connectivity index (χ0v) is 12.7. The number of hydrogen-bond donors (Lipinski definition) is 0. The van der Waals surface area contributed by atoms with Crippen LogP contribution >= 0.6 is 0 Å². The van der Waals surface area contributed by atoms with Crippen molar-refractivity contribution in [2.75, 3.05) is 25.1 Å². The van der Waals surface area contributed by atoms with Gasteiger partial charge in [0.15, 0.2) is 0 Å². The summed E-state index contributed by atoms with van der Waals surface area (Å²) >= 11 is 0. The summed E-state index contributed by atoms with van der Waals surface area (Å²) in [6, 6.07) is 7.72. The molecule has 0 N–H and O–H groups in total. The molecule has 1 aliphatic heterocycles. The van der Waals surface area contributed by atoms with Gasteiger partial charge in [0, 0.05) is 44.8 Å². The van der Waals surface area contributed by atoms with Crippen molar-refractivity contribution in [2.24, 2.45) is 5.92 Å². The first-order chi connectivity index (χ1) is 10.7. The number of aromatic nitrogens is 2. The molecule has 3 heterocycles. The van der Waals surface area contributed by atoms with Gasteiger partial charge in [0.2, 0.25) is 0 Å². The standard InChI is InChI=1S/C16H18N4O2/c1-11-6-14(22-19-11)7-13-9-20(10-15(13)21-2)16-12(8-17)4-3-5-18-16/h3-6,13,15H,7,9-10H2,1-2H3/t13-,15+/m1/s1. The third-order valence-electron chi connectivity index (χ3n) is 4.03.